The van der Waals surface area contributed by atoms with Gasteiger partial charge in [-0.3, -0.25) is 4.98 Å². The summed E-state index contributed by atoms with van der Waals surface area (Å²) in [6, 6.07) is 17.8. The summed E-state index contributed by atoms with van der Waals surface area (Å²) in [6.45, 7) is 0. The Bertz CT molecular complexity index is 970. The minimum atomic E-state index is -0.423. The lowest BCUT2D eigenvalue weighted by atomic mass is 10.00. The molecule has 0 bridgehead atoms. The fourth-order valence-electron chi connectivity index (χ4n) is 3.06. The topological polar surface area (TPSA) is 25.2 Å². The van der Waals surface area contributed by atoms with E-state index in [4.69, 9.17) is 0 Å². The van der Waals surface area contributed by atoms with Gasteiger partial charge in [-0.25, -0.2) is 4.39 Å². The molecule has 1 aliphatic carbocycles. The van der Waals surface area contributed by atoms with Gasteiger partial charge >= 0.3 is 0 Å². The number of nitrogens with zero attached hydrogens (tertiary/aromatic N) is 2. The number of thiocarbonyl (C=S) groups is 1. The molecule has 0 N–H and O–H groups in total. The molecule has 1 saturated carbocycles. The van der Waals surface area contributed by atoms with Crippen molar-refractivity contribution in [2.24, 2.45) is 10.9 Å². The number of aliphatic imine (C=N–C) groups is 1. The first-order valence-corrected chi connectivity index (χ1v) is 9.07. The van der Waals surface area contributed by atoms with Crippen molar-refractivity contribution in [3.8, 4) is 22.4 Å². The third-order valence-electron chi connectivity index (χ3n) is 4.67. The fourth-order valence-corrected chi connectivity index (χ4v) is 3.17. The largest absolute Gasteiger partial charge is 0.251 e. The second-order valence-corrected chi connectivity index (χ2v) is 6.83. The van der Waals surface area contributed by atoms with Crippen molar-refractivity contribution in [1.82, 2.24) is 4.98 Å². The van der Waals surface area contributed by atoms with Gasteiger partial charge in [0.1, 0.15) is 5.69 Å². The molecule has 1 aliphatic rings. The fraction of sp³-hybridized carbons (Fsp3) is 0.182. The van der Waals surface area contributed by atoms with Crippen molar-refractivity contribution in [3.05, 3.63) is 72.2 Å². The predicted molar refractivity (Wildman–Crippen MR) is 106 cm³/mol. The van der Waals surface area contributed by atoms with Gasteiger partial charge in [-0.05, 0) is 54.1 Å². The van der Waals surface area contributed by atoms with Crippen LogP contribution in [0.25, 0.3) is 22.4 Å². The maximum absolute atomic E-state index is 14.3. The predicted octanol–water partition coefficient (Wildman–Crippen LogP) is 6.24. The number of halogens is 1. The molecule has 0 amide bonds. The molecule has 1 heterocycles. The lowest BCUT2D eigenvalue weighted by Crippen LogP contribution is -1.89. The smallest absolute Gasteiger partial charge is 0.151 e. The molecule has 128 valence electrons. The number of hydrogen-bond acceptors (Lipinski definition) is 3. The molecular formula is C22H17FN2S. The molecule has 0 radical (unpaired) electrons. The number of rotatable bonds is 5. The van der Waals surface area contributed by atoms with Crippen molar-refractivity contribution in [1.29, 1.82) is 0 Å². The highest BCUT2D eigenvalue weighted by molar-refractivity contribution is 7.78. The highest BCUT2D eigenvalue weighted by Crippen LogP contribution is 2.33. The molecule has 26 heavy (non-hydrogen) atoms. The van der Waals surface area contributed by atoms with Crippen LogP contribution in [0.15, 0.2) is 65.8 Å². The normalized spacial score (nSPS) is 13.3. The van der Waals surface area contributed by atoms with E-state index in [1.165, 1.54) is 37.1 Å². The van der Waals surface area contributed by atoms with Gasteiger partial charge in [0.05, 0.1) is 17.0 Å². The molecule has 1 aromatic heterocycles. The van der Waals surface area contributed by atoms with E-state index in [0.29, 0.717) is 11.4 Å². The SMILES string of the molecule is Fc1cc(N=C=S)cnc1-c1ccc(-c2ccc(CC3CC3)cc2)cc1. The van der Waals surface area contributed by atoms with E-state index in [2.05, 4.69) is 51.6 Å². The molecule has 0 saturated heterocycles. The lowest BCUT2D eigenvalue weighted by Gasteiger charge is -2.07. The zero-order valence-corrected chi connectivity index (χ0v) is 15.0. The Morgan fingerprint density at radius 1 is 1.00 bits per heavy atom. The van der Waals surface area contributed by atoms with Gasteiger partial charge in [0, 0.05) is 11.6 Å². The summed E-state index contributed by atoms with van der Waals surface area (Å²) in [6.07, 6.45) is 5.41. The van der Waals surface area contributed by atoms with Gasteiger partial charge < -0.3 is 0 Å². The average molecular weight is 360 g/mol. The van der Waals surface area contributed by atoms with Gasteiger partial charge in [-0.1, -0.05) is 48.5 Å². The molecule has 0 unspecified atom stereocenters. The summed E-state index contributed by atoms with van der Waals surface area (Å²) in [4.78, 5) is 7.91. The number of pyridine rings is 1. The number of isothiocyanates is 1. The molecule has 0 atom stereocenters. The van der Waals surface area contributed by atoms with Crippen LogP contribution in [0.2, 0.25) is 0 Å². The van der Waals surface area contributed by atoms with Crippen LogP contribution in [-0.2, 0) is 6.42 Å². The Kier molecular flexibility index (Phi) is 4.70. The molecule has 2 nitrogen and oxygen atoms in total. The maximum atomic E-state index is 14.3. The number of benzene rings is 2. The van der Waals surface area contributed by atoms with Crippen LogP contribution in [-0.4, -0.2) is 10.1 Å². The molecule has 1 fully saturated rings. The maximum Gasteiger partial charge on any atom is 0.151 e. The highest BCUT2D eigenvalue weighted by Gasteiger charge is 2.21. The third kappa shape index (κ3) is 3.77. The Labute approximate surface area is 157 Å². The summed E-state index contributed by atoms with van der Waals surface area (Å²) in [5.41, 5.74) is 5.07. The number of hydrogen-bond donors (Lipinski definition) is 0. The number of aromatic nitrogens is 1. The molecule has 4 rings (SSSR count). The van der Waals surface area contributed by atoms with E-state index in [0.717, 1.165) is 22.6 Å². The van der Waals surface area contributed by atoms with Crippen molar-refractivity contribution < 1.29 is 4.39 Å². The van der Waals surface area contributed by atoms with Gasteiger partial charge in [-0.2, -0.15) is 4.99 Å². The Balaban J connectivity index is 1.55. The lowest BCUT2D eigenvalue weighted by molar-refractivity contribution is 0.626. The van der Waals surface area contributed by atoms with Gasteiger partial charge in [-0.15, -0.1) is 0 Å². The molecule has 4 heteroatoms. The standard InChI is InChI=1S/C22H17FN2S/c23-21-12-20(25-14-26)13-24-22(21)19-9-7-18(8-10-19)17-5-3-16(4-6-17)11-15-1-2-15/h3-10,12-13,15H,1-2,11H2. The van der Waals surface area contributed by atoms with Crippen LogP contribution in [0.5, 0.6) is 0 Å². The van der Waals surface area contributed by atoms with E-state index in [9.17, 15) is 4.39 Å². The Hall–Kier alpha value is -2.68. The Morgan fingerprint density at radius 2 is 1.62 bits per heavy atom. The first-order chi connectivity index (χ1) is 12.7. The van der Waals surface area contributed by atoms with Gasteiger partial charge in [0.15, 0.2) is 5.82 Å². The third-order valence-corrected chi connectivity index (χ3v) is 4.76. The summed E-state index contributed by atoms with van der Waals surface area (Å²) in [5.74, 6) is 0.470. The summed E-state index contributed by atoms with van der Waals surface area (Å²) >= 11 is 4.53. The van der Waals surface area contributed by atoms with E-state index in [1.807, 2.05) is 24.3 Å². The van der Waals surface area contributed by atoms with Crippen LogP contribution in [0.4, 0.5) is 10.1 Å². The molecular weight excluding hydrogens is 343 g/mol. The van der Waals surface area contributed by atoms with Crippen molar-refractivity contribution in [2.45, 2.75) is 19.3 Å². The zero-order chi connectivity index (χ0) is 17.9. The molecule has 0 spiro atoms. The van der Waals surface area contributed by atoms with Crippen LogP contribution < -0.4 is 0 Å². The monoisotopic (exact) mass is 360 g/mol. The molecule has 3 aromatic rings. The first-order valence-electron chi connectivity index (χ1n) is 8.66. The van der Waals surface area contributed by atoms with Crippen LogP contribution in [0, 0.1) is 11.7 Å². The van der Waals surface area contributed by atoms with Crippen molar-refractivity contribution >= 4 is 23.1 Å². The van der Waals surface area contributed by atoms with Crippen LogP contribution in [0.3, 0.4) is 0 Å². The zero-order valence-electron chi connectivity index (χ0n) is 14.2. The highest BCUT2D eigenvalue weighted by atomic mass is 32.1. The summed E-state index contributed by atoms with van der Waals surface area (Å²) in [5, 5.41) is 2.22. The average Bonchev–Trinajstić information content (AvgIpc) is 3.47. The molecule has 0 aliphatic heterocycles. The van der Waals surface area contributed by atoms with Gasteiger partial charge in [0.2, 0.25) is 0 Å². The minimum Gasteiger partial charge on any atom is -0.251 e. The van der Waals surface area contributed by atoms with Crippen LogP contribution >= 0.6 is 12.2 Å². The quantitative estimate of drug-likeness (QED) is 0.397. The molecule has 2 aromatic carbocycles. The minimum absolute atomic E-state index is 0.305. The van der Waals surface area contributed by atoms with E-state index in [-0.39, 0.29) is 0 Å². The van der Waals surface area contributed by atoms with Crippen molar-refractivity contribution in [3.63, 3.8) is 0 Å². The van der Waals surface area contributed by atoms with Gasteiger partial charge in [0.25, 0.3) is 0 Å². The van der Waals surface area contributed by atoms with E-state index >= 15 is 0 Å². The van der Waals surface area contributed by atoms with Crippen LogP contribution in [0.1, 0.15) is 18.4 Å². The summed E-state index contributed by atoms with van der Waals surface area (Å²) in [7, 11) is 0. The van der Waals surface area contributed by atoms with E-state index < -0.39 is 5.82 Å². The summed E-state index contributed by atoms with van der Waals surface area (Å²) < 4.78 is 14.3. The second kappa shape index (κ2) is 7.28. The first kappa shape index (κ1) is 16.8. The van der Waals surface area contributed by atoms with Crippen molar-refractivity contribution in [2.75, 3.05) is 0 Å². The van der Waals surface area contributed by atoms with E-state index in [1.54, 1.807) is 0 Å². The second-order valence-electron chi connectivity index (χ2n) is 6.65. The Morgan fingerprint density at radius 3 is 2.19 bits per heavy atom.